The Morgan fingerprint density at radius 3 is 1.92 bits per heavy atom. The molecule has 76 valence electrons. The highest BCUT2D eigenvalue weighted by Gasteiger charge is 2.25. The van der Waals surface area contributed by atoms with Crippen LogP contribution in [0.1, 0.15) is 26.7 Å². The molecule has 13 heavy (non-hydrogen) atoms. The molecule has 0 atom stereocenters. The van der Waals surface area contributed by atoms with Crippen molar-refractivity contribution in [1.29, 1.82) is 0 Å². The average Bonchev–Trinajstić information content (AvgIpc) is 1.82. The fraction of sp³-hybridized carbons (Fsp3) is 0.800. The lowest BCUT2D eigenvalue weighted by Gasteiger charge is -2.13. The summed E-state index contributed by atoms with van der Waals surface area (Å²) in [7, 11) is -1.73. The Hall–Kier alpha value is -0.443. The number of rotatable bonds is 5. The minimum Gasteiger partial charge on any atom is -0.305 e. The van der Waals surface area contributed by atoms with Crippen molar-refractivity contribution in [3.05, 3.63) is 0 Å². The van der Waals surface area contributed by atoms with Gasteiger partial charge < -0.3 is 4.79 Å². The molecule has 2 nitrogen and oxygen atoms in total. The maximum Gasteiger partial charge on any atom is 0.140 e. The molecule has 0 radical (unpaired) electrons. The number of hydrogen-bond donors (Lipinski definition) is 0. The molecule has 0 rings (SSSR count). The number of Topliss-reactive ketones (excluding diaryl/α,β-unsaturated/α-hetero) is 1. The summed E-state index contributed by atoms with van der Waals surface area (Å²) in [6.07, 6.45) is 0.699. The van der Waals surface area contributed by atoms with E-state index in [-0.39, 0.29) is 17.6 Å². The van der Waals surface area contributed by atoms with E-state index in [9.17, 15) is 9.59 Å². The maximum absolute atomic E-state index is 11.5. The molecule has 0 aromatic carbocycles. The summed E-state index contributed by atoms with van der Waals surface area (Å²) in [6.45, 7) is 9.95. The summed E-state index contributed by atoms with van der Waals surface area (Å²) in [5.74, 6) is 0.462. The first kappa shape index (κ1) is 12.6. The number of carbonyl (C=O) groups excluding carboxylic acids is 2. The van der Waals surface area contributed by atoms with Crippen molar-refractivity contribution < 1.29 is 9.59 Å². The standard InChI is InChI=1S/C10H20O2Si/c1-8(2)6-9(11)7-10(12)13(3,4)5/h8H,6-7H2,1-5H3. The van der Waals surface area contributed by atoms with Crippen LogP contribution in [0.5, 0.6) is 0 Å². The lowest BCUT2D eigenvalue weighted by Crippen LogP contribution is -2.35. The molecule has 0 fully saturated rings. The summed E-state index contributed by atoms with van der Waals surface area (Å²) in [6, 6.07) is 0. The largest absolute Gasteiger partial charge is 0.305 e. The Bertz CT molecular complexity index is 201. The minimum absolute atomic E-state index is 0.0995. The van der Waals surface area contributed by atoms with E-state index in [1.807, 2.05) is 33.5 Å². The van der Waals surface area contributed by atoms with Crippen molar-refractivity contribution in [2.75, 3.05) is 0 Å². The lowest BCUT2D eigenvalue weighted by atomic mass is 10.1. The van der Waals surface area contributed by atoms with E-state index in [1.54, 1.807) is 0 Å². The molecule has 0 aliphatic rings. The molecular formula is C10H20O2Si. The van der Waals surface area contributed by atoms with Crippen LogP contribution in [-0.4, -0.2) is 19.3 Å². The third kappa shape index (κ3) is 5.74. The predicted molar refractivity (Wildman–Crippen MR) is 57.4 cm³/mol. The van der Waals surface area contributed by atoms with E-state index in [0.717, 1.165) is 0 Å². The first-order valence-corrected chi connectivity index (χ1v) is 8.28. The van der Waals surface area contributed by atoms with Crippen molar-refractivity contribution in [3.63, 3.8) is 0 Å². The van der Waals surface area contributed by atoms with Crippen LogP contribution >= 0.6 is 0 Å². The minimum atomic E-state index is -1.73. The van der Waals surface area contributed by atoms with Crippen LogP contribution in [0.4, 0.5) is 0 Å². The molecule has 0 saturated heterocycles. The number of ketones is 1. The van der Waals surface area contributed by atoms with Crippen LogP contribution in [-0.2, 0) is 9.59 Å². The molecular weight excluding hydrogens is 180 g/mol. The van der Waals surface area contributed by atoms with Gasteiger partial charge in [-0.25, -0.2) is 0 Å². The van der Waals surface area contributed by atoms with Gasteiger partial charge in [0.05, 0.1) is 6.42 Å². The van der Waals surface area contributed by atoms with Crippen LogP contribution in [0.3, 0.4) is 0 Å². The Morgan fingerprint density at radius 1 is 1.15 bits per heavy atom. The Balaban J connectivity index is 4.01. The predicted octanol–water partition coefficient (Wildman–Crippen LogP) is 2.44. The average molecular weight is 200 g/mol. The van der Waals surface area contributed by atoms with Gasteiger partial charge in [0.1, 0.15) is 19.3 Å². The van der Waals surface area contributed by atoms with E-state index >= 15 is 0 Å². The number of carbonyl (C=O) groups is 2. The molecule has 0 N–H and O–H groups in total. The van der Waals surface area contributed by atoms with Gasteiger partial charge in [-0.2, -0.15) is 0 Å². The van der Waals surface area contributed by atoms with E-state index in [2.05, 4.69) is 0 Å². The Kier molecular flexibility index (Phi) is 4.54. The molecule has 0 unspecified atom stereocenters. The SMILES string of the molecule is CC(C)CC(=O)CC(=O)[Si](C)(C)C. The summed E-state index contributed by atoms with van der Waals surface area (Å²) < 4.78 is 0. The summed E-state index contributed by atoms with van der Waals surface area (Å²) in [5, 5.41) is 0.179. The second-order valence-electron chi connectivity index (χ2n) is 4.99. The summed E-state index contributed by atoms with van der Waals surface area (Å²) in [5.41, 5.74) is 0. The molecule has 0 amide bonds. The highest BCUT2D eigenvalue weighted by Crippen LogP contribution is 2.09. The molecule has 3 heteroatoms. The van der Waals surface area contributed by atoms with Crippen molar-refractivity contribution in [3.8, 4) is 0 Å². The molecule has 0 bridgehead atoms. The monoisotopic (exact) mass is 200 g/mol. The lowest BCUT2D eigenvalue weighted by molar-refractivity contribution is -0.124. The highest BCUT2D eigenvalue weighted by atomic mass is 28.3. The van der Waals surface area contributed by atoms with Gasteiger partial charge in [0.25, 0.3) is 0 Å². The normalized spacial score (nSPS) is 11.8. The van der Waals surface area contributed by atoms with Gasteiger partial charge in [-0.15, -0.1) is 0 Å². The molecule has 0 aliphatic carbocycles. The van der Waals surface area contributed by atoms with Gasteiger partial charge in [-0.05, 0) is 5.92 Å². The van der Waals surface area contributed by atoms with Crippen molar-refractivity contribution in [1.82, 2.24) is 0 Å². The summed E-state index contributed by atoms with van der Waals surface area (Å²) >= 11 is 0. The van der Waals surface area contributed by atoms with Gasteiger partial charge in [-0.3, -0.25) is 4.79 Å². The molecule has 0 spiro atoms. The quantitative estimate of drug-likeness (QED) is 0.504. The second kappa shape index (κ2) is 4.70. The zero-order chi connectivity index (χ0) is 10.6. The van der Waals surface area contributed by atoms with Crippen LogP contribution in [0.25, 0.3) is 0 Å². The van der Waals surface area contributed by atoms with Crippen LogP contribution < -0.4 is 0 Å². The number of hydrogen-bond acceptors (Lipinski definition) is 2. The van der Waals surface area contributed by atoms with Gasteiger partial charge >= 0.3 is 0 Å². The van der Waals surface area contributed by atoms with E-state index < -0.39 is 8.07 Å². The third-order valence-electron chi connectivity index (χ3n) is 1.83. The van der Waals surface area contributed by atoms with E-state index in [1.165, 1.54) is 0 Å². The Labute approximate surface area is 81.7 Å². The molecule has 0 aromatic rings. The van der Waals surface area contributed by atoms with E-state index in [0.29, 0.717) is 12.3 Å². The van der Waals surface area contributed by atoms with Crippen molar-refractivity contribution >= 4 is 19.3 Å². The maximum atomic E-state index is 11.5. The smallest absolute Gasteiger partial charge is 0.140 e. The van der Waals surface area contributed by atoms with Gasteiger partial charge in [-0.1, -0.05) is 33.5 Å². The fourth-order valence-corrected chi connectivity index (χ4v) is 1.70. The topological polar surface area (TPSA) is 34.1 Å². The Morgan fingerprint density at radius 2 is 1.62 bits per heavy atom. The third-order valence-corrected chi connectivity index (χ3v) is 3.68. The van der Waals surface area contributed by atoms with Crippen LogP contribution in [0.2, 0.25) is 19.6 Å². The van der Waals surface area contributed by atoms with Gasteiger partial charge in [0, 0.05) is 6.42 Å². The van der Waals surface area contributed by atoms with Gasteiger partial charge in [0.2, 0.25) is 0 Å². The second-order valence-corrected chi connectivity index (χ2v) is 10.0. The molecule has 0 heterocycles. The van der Waals surface area contributed by atoms with Crippen LogP contribution in [0, 0.1) is 5.92 Å². The molecule has 0 aromatic heterocycles. The molecule has 0 aliphatic heterocycles. The zero-order valence-corrected chi connectivity index (χ0v) is 10.3. The van der Waals surface area contributed by atoms with Crippen molar-refractivity contribution in [2.45, 2.75) is 46.3 Å². The zero-order valence-electron chi connectivity index (χ0n) is 9.31. The highest BCUT2D eigenvalue weighted by molar-refractivity contribution is 7.03. The fourth-order valence-electron chi connectivity index (χ4n) is 0.972. The first-order chi connectivity index (χ1) is 5.73. The van der Waals surface area contributed by atoms with Gasteiger partial charge in [0.15, 0.2) is 0 Å². The van der Waals surface area contributed by atoms with E-state index in [4.69, 9.17) is 0 Å². The van der Waals surface area contributed by atoms with Crippen molar-refractivity contribution in [2.24, 2.45) is 5.92 Å². The first-order valence-electron chi connectivity index (χ1n) is 4.78. The summed E-state index contributed by atoms with van der Waals surface area (Å²) in [4.78, 5) is 22.8. The van der Waals surface area contributed by atoms with Crippen LogP contribution in [0.15, 0.2) is 0 Å². The molecule has 0 saturated carbocycles.